The second kappa shape index (κ2) is 12.2. The maximum Gasteiger partial charge on any atom is 0.323 e. The summed E-state index contributed by atoms with van der Waals surface area (Å²) in [6.45, 7) is 3.60. The summed E-state index contributed by atoms with van der Waals surface area (Å²) in [4.78, 5) is 28.0. The van der Waals surface area contributed by atoms with Crippen LogP contribution in [0.5, 0.6) is 5.75 Å². The van der Waals surface area contributed by atoms with Crippen LogP contribution in [0, 0.1) is 5.92 Å². The highest BCUT2D eigenvalue weighted by Crippen LogP contribution is 2.35. The Morgan fingerprint density at radius 2 is 1.90 bits per heavy atom. The van der Waals surface area contributed by atoms with Crippen LogP contribution in [0.4, 0.5) is 16.2 Å². The summed E-state index contributed by atoms with van der Waals surface area (Å²) in [7, 11) is -2.27. The number of nitrogens with one attached hydrogen (secondary N) is 2. The highest BCUT2D eigenvalue weighted by molar-refractivity contribution is 7.91. The largest absolute Gasteiger partial charge is 0.486 e. The van der Waals surface area contributed by atoms with Crippen molar-refractivity contribution in [2.45, 2.75) is 30.2 Å². The molecule has 4 rings (SSSR count). The topological polar surface area (TPSA) is 128 Å². The van der Waals surface area contributed by atoms with Crippen LogP contribution in [0.1, 0.15) is 24.2 Å². The van der Waals surface area contributed by atoms with Crippen molar-refractivity contribution < 1.29 is 27.9 Å². The number of anilines is 2. The van der Waals surface area contributed by atoms with E-state index in [4.69, 9.17) is 4.74 Å². The molecule has 1 aliphatic rings. The third-order valence-electron chi connectivity index (χ3n) is 6.57. The molecule has 2 aromatic carbocycles. The van der Waals surface area contributed by atoms with E-state index >= 15 is 0 Å². The van der Waals surface area contributed by atoms with Crippen molar-refractivity contribution in [3.63, 3.8) is 0 Å². The number of urea groups is 1. The molecule has 0 spiro atoms. The van der Waals surface area contributed by atoms with Gasteiger partial charge in [-0.1, -0.05) is 37.3 Å². The number of aliphatic hydroxyl groups excluding tert-OH is 1. The summed E-state index contributed by atoms with van der Waals surface area (Å²) in [6, 6.07) is 15.9. The lowest BCUT2D eigenvalue weighted by atomic mass is 9.99. The van der Waals surface area contributed by atoms with Gasteiger partial charge in [0.1, 0.15) is 10.3 Å². The molecule has 1 aromatic heterocycles. The maximum atomic E-state index is 13.6. The molecule has 3 amide bonds. The van der Waals surface area contributed by atoms with E-state index in [0.717, 1.165) is 11.3 Å². The summed E-state index contributed by atoms with van der Waals surface area (Å²) in [5.41, 5.74) is 1.04. The Balaban J connectivity index is 1.69. The fraction of sp³-hybridized carbons (Fsp3) is 0.333. The number of amides is 3. The first-order valence-electron chi connectivity index (χ1n) is 12.5. The average molecular weight is 573 g/mol. The van der Waals surface area contributed by atoms with Crippen molar-refractivity contribution in [2.75, 3.05) is 37.4 Å². The minimum Gasteiger partial charge on any atom is -0.486 e. The van der Waals surface area contributed by atoms with E-state index in [0.29, 0.717) is 5.69 Å². The molecule has 0 saturated carbocycles. The number of benzene rings is 2. The number of sulfonamides is 1. The number of hydrogen-bond acceptors (Lipinski definition) is 7. The molecule has 3 aromatic rings. The van der Waals surface area contributed by atoms with E-state index in [9.17, 15) is 23.1 Å². The molecule has 0 unspecified atom stereocenters. The minimum absolute atomic E-state index is 0.000915. The van der Waals surface area contributed by atoms with Gasteiger partial charge in [0.25, 0.3) is 15.9 Å². The Morgan fingerprint density at radius 3 is 2.56 bits per heavy atom. The number of aliphatic hydroxyl groups is 1. The molecule has 10 nitrogen and oxygen atoms in total. The van der Waals surface area contributed by atoms with Crippen LogP contribution in [0.2, 0.25) is 0 Å². The molecule has 0 aliphatic carbocycles. The lowest BCUT2D eigenvalue weighted by Crippen LogP contribution is -2.50. The molecule has 0 saturated heterocycles. The molecule has 208 valence electrons. The number of para-hydroxylation sites is 2. The van der Waals surface area contributed by atoms with Crippen LogP contribution < -0.4 is 15.4 Å². The first kappa shape index (κ1) is 28.6. The Bertz CT molecular complexity index is 1400. The Hall–Kier alpha value is -3.45. The van der Waals surface area contributed by atoms with Crippen molar-refractivity contribution in [3.8, 4) is 5.75 Å². The molecule has 3 atom stereocenters. The molecule has 3 N–H and O–H groups in total. The fourth-order valence-corrected chi connectivity index (χ4v) is 6.67. The van der Waals surface area contributed by atoms with Gasteiger partial charge < -0.3 is 25.4 Å². The lowest BCUT2D eigenvalue weighted by Gasteiger charge is -2.38. The third kappa shape index (κ3) is 6.41. The van der Waals surface area contributed by atoms with Crippen LogP contribution in [0.15, 0.2) is 70.3 Å². The van der Waals surface area contributed by atoms with Gasteiger partial charge in [-0.3, -0.25) is 4.79 Å². The Kier molecular flexibility index (Phi) is 8.90. The average Bonchev–Trinajstić information content (AvgIpc) is 3.47. The number of nitrogens with zero attached hydrogens (tertiary/aromatic N) is 2. The number of carbonyl (C=O) groups excluding carboxylic acids is 2. The second-order valence-electron chi connectivity index (χ2n) is 9.47. The number of ether oxygens (including phenoxy) is 1. The zero-order chi connectivity index (χ0) is 28.2. The van der Waals surface area contributed by atoms with Gasteiger partial charge in [-0.05, 0) is 42.6 Å². The zero-order valence-corrected chi connectivity index (χ0v) is 23.5. The molecule has 0 radical (unpaired) electrons. The second-order valence-corrected chi connectivity index (χ2v) is 12.7. The zero-order valence-electron chi connectivity index (χ0n) is 21.9. The third-order valence-corrected chi connectivity index (χ3v) is 9.76. The van der Waals surface area contributed by atoms with Crippen LogP contribution in [-0.2, 0) is 10.0 Å². The first-order valence-corrected chi connectivity index (χ1v) is 14.8. The number of rotatable bonds is 8. The van der Waals surface area contributed by atoms with Gasteiger partial charge >= 0.3 is 6.03 Å². The molecule has 39 heavy (non-hydrogen) atoms. The van der Waals surface area contributed by atoms with Crippen LogP contribution in [-0.4, -0.2) is 73.6 Å². The summed E-state index contributed by atoms with van der Waals surface area (Å²) in [5.74, 6) is -0.536. The smallest absolute Gasteiger partial charge is 0.323 e. The van der Waals surface area contributed by atoms with Crippen molar-refractivity contribution in [2.24, 2.45) is 5.92 Å². The van der Waals surface area contributed by atoms with Crippen LogP contribution in [0.3, 0.4) is 0 Å². The van der Waals surface area contributed by atoms with Crippen molar-refractivity contribution >= 4 is 44.7 Å². The Labute approximate surface area is 232 Å². The normalized spacial score (nSPS) is 18.5. The summed E-state index contributed by atoms with van der Waals surface area (Å²) in [6.07, 6.45) is -0.676. The first-order chi connectivity index (χ1) is 18.6. The minimum atomic E-state index is -3.75. The van der Waals surface area contributed by atoms with E-state index in [1.807, 2.05) is 13.0 Å². The quantitative estimate of drug-likeness (QED) is 0.375. The number of fused-ring (bicyclic) bond motifs is 1. The number of likely N-dealkylation sites (N-methyl/N-ethyl adjacent to an activating group) is 1. The molecule has 1 aliphatic heterocycles. The van der Waals surface area contributed by atoms with Crippen LogP contribution in [0.25, 0.3) is 0 Å². The van der Waals surface area contributed by atoms with Gasteiger partial charge in [0, 0.05) is 25.2 Å². The van der Waals surface area contributed by atoms with E-state index in [-0.39, 0.29) is 52.7 Å². The highest BCUT2D eigenvalue weighted by atomic mass is 32.2. The van der Waals surface area contributed by atoms with E-state index < -0.39 is 28.2 Å². The maximum absolute atomic E-state index is 13.6. The van der Waals surface area contributed by atoms with Crippen molar-refractivity contribution in [1.82, 2.24) is 9.21 Å². The van der Waals surface area contributed by atoms with Gasteiger partial charge in [-0.25, -0.2) is 13.2 Å². The predicted octanol–water partition coefficient (Wildman–Crippen LogP) is 3.93. The number of carbonyl (C=O) groups is 2. The molecule has 0 fully saturated rings. The molecule has 0 bridgehead atoms. The molecule has 2 heterocycles. The van der Waals surface area contributed by atoms with Gasteiger partial charge in [0.05, 0.1) is 30.4 Å². The summed E-state index contributed by atoms with van der Waals surface area (Å²) < 4.78 is 34.1. The van der Waals surface area contributed by atoms with Gasteiger partial charge in [0.2, 0.25) is 0 Å². The monoisotopic (exact) mass is 572 g/mol. The summed E-state index contributed by atoms with van der Waals surface area (Å²) in [5, 5.41) is 17.1. The van der Waals surface area contributed by atoms with E-state index in [1.54, 1.807) is 71.8 Å². The van der Waals surface area contributed by atoms with Crippen LogP contribution >= 0.6 is 11.3 Å². The molecular formula is C27H32N4O6S2. The van der Waals surface area contributed by atoms with Gasteiger partial charge in [-0.15, -0.1) is 11.3 Å². The SMILES string of the molecule is C[C@@H]1CN([C@H](C)CO)C(=O)c2cccc(NC(=O)Nc3ccccc3)c2O[C@@H]1CN(C)S(=O)(=O)c1cccs1. The molecular weight excluding hydrogens is 540 g/mol. The van der Waals surface area contributed by atoms with E-state index in [1.165, 1.54) is 11.4 Å². The predicted molar refractivity (Wildman–Crippen MR) is 151 cm³/mol. The highest BCUT2D eigenvalue weighted by Gasteiger charge is 2.36. The standard InChI is InChI=1S/C27H32N4O6S2/c1-18-15-31(19(2)17-32)26(33)21-11-7-12-22(29-27(34)28-20-9-5-4-6-10-20)25(21)37-23(18)16-30(3)39(35,36)24-13-8-14-38-24/h4-14,18-19,23,32H,15-17H2,1-3H3,(H2,28,29,34)/t18-,19-,23-/m1/s1. The van der Waals surface area contributed by atoms with Gasteiger partial charge in [-0.2, -0.15) is 4.31 Å². The fourth-order valence-electron chi connectivity index (χ4n) is 4.28. The molecule has 12 heteroatoms. The number of hydrogen-bond donors (Lipinski definition) is 3. The van der Waals surface area contributed by atoms with E-state index in [2.05, 4.69) is 10.6 Å². The lowest BCUT2D eigenvalue weighted by molar-refractivity contribution is 0.0389. The Morgan fingerprint density at radius 1 is 1.15 bits per heavy atom. The van der Waals surface area contributed by atoms with Crippen molar-refractivity contribution in [1.29, 1.82) is 0 Å². The summed E-state index contributed by atoms with van der Waals surface area (Å²) >= 11 is 1.13. The van der Waals surface area contributed by atoms with Gasteiger partial charge in [0.15, 0.2) is 5.75 Å². The van der Waals surface area contributed by atoms with Crippen molar-refractivity contribution in [3.05, 3.63) is 71.6 Å². The number of thiophene rings is 1.